The summed E-state index contributed by atoms with van der Waals surface area (Å²) in [4.78, 5) is 11.9. The SMILES string of the molecule is CCC(NC(=O)Nc1nncs1)c1ccc(OC)cc1. The van der Waals surface area contributed by atoms with Gasteiger partial charge < -0.3 is 10.1 Å². The lowest BCUT2D eigenvalue weighted by atomic mass is 10.0. The summed E-state index contributed by atoms with van der Waals surface area (Å²) >= 11 is 1.28. The Kier molecular flexibility index (Phi) is 4.89. The summed E-state index contributed by atoms with van der Waals surface area (Å²) in [7, 11) is 1.63. The van der Waals surface area contributed by atoms with Crippen molar-refractivity contribution in [3.05, 3.63) is 35.3 Å². The highest BCUT2D eigenvalue weighted by Crippen LogP contribution is 2.20. The molecule has 1 heterocycles. The van der Waals surface area contributed by atoms with Crippen LogP contribution >= 0.6 is 11.3 Å². The second kappa shape index (κ2) is 6.85. The van der Waals surface area contributed by atoms with E-state index >= 15 is 0 Å². The molecule has 2 amide bonds. The highest BCUT2D eigenvalue weighted by molar-refractivity contribution is 7.13. The summed E-state index contributed by atoms with van der Waals surface area (Å²) in [6.07, 6.45) is 0.788. The summed E-state index contributed by atoms with van der Waals surface area (Å²) in [5.74, 6) is 0.793. The van der Waals surface area contributed by atoms with Crippen molar-refractivity contribution in [1.29, 1.82) is 0 Å². The molecule has 1 aromatic heterocycles. The van der Waals surface area contributed by atoms with Crippen LogP contribution in [-0.2, 0) is 0 Å². The van der Waals surface area contributed by atoms with Crippen molar-refractivity contribution >= 4 is 22.5 Å². The number of nitrogens with zero attached hydrogens (tertiary/aromatic N) is 2. The summed E-state index contributed by atoms with van der Waals surface area (Å²) in [5, 5.41) is 13.5. The van der Waals surface area contributed by atoms with E-state index in [0.717, 1.165) is 17.7 Å². The fourth-order valence-electron chi connectivity index (χ4n) is 1.78. The number of methoxy groups -OCH3 is 1. The third-order valence-corrected chi connectivity index (χ3v) is 3.42. The van der Waals surface area contributed by atoms with Crippen LogP contribution in [0.3, 0.4) is 0 Å². The first-order valence-corrected chi connectivity index (χ1v) is 7.08. The molecule has 0 aliphatic rings. The van der Waals surface area contributed by atoms with Gasteiger partial charge in [-0.3, -0.25) is 5.32 Å². The fourth-order valence-corrected chi connectivity index (χ4v) is 2.22. The van der Waals surface area contributed by atoms with Gasteiger partial charge in [0.1, 0.15) is 11.3 Å². The Hall–Kier alpha value is -2.15. The predicted octanol–water partition coefficient (Wildman–Crippen LogP) is 2.82. The highest BCUT2D eigenvalue weighted by Gasteiger charge is 2.13. The Morgan fingerprint density at radius 2 is 2.15 bits per heavy atom. The Balaban J connectivity index is 1.98. The zero-order chi connectivity index (χ0) is 14.4. The van der Waals surface area contributed by atoms with Gasteiger partial charge in [0.25, 0.3) is 0 Å². The van der Waals surface area contributed by atoms with Crippen molar-refractivity contribution in [1.82, 2.24) is 15.5 Å². The first-order valence-electron chi connectivity index (χ1n) is 6.20. The van der Waals surface area contributed by atoms with Crippen LogP contribution in [0.5, 0.6) is 5.75 Å². The lowest BCUT2D eigenvalue weighted by molar-refractivity contribution is 0.248. The van der Waals surface area contributed by atoms with E-state index in [-0.39, 0.29) is 12.1 Å². The monoisotopic (exact) mass is 292 g/mol. The summed E-state index contributed by atoms with van der Waals surface area (Å²) in [6.45, 7) is 2.01. The molecule has 0 aliphatic heterocycles. The molecule has 6 nitrogen and oxygen atoms in total. The number of amides is 2. The second-order valence-electron chi connectivity index (χ2n) is 4.08. The molecule has 2 aromatic rings. The first kappa shape index (κ1) is 14.3. The molecule has 0 saturated carbocycles. The van der Waals surface area contributed by atoms with Crippen molar-refractivity contribution < 1.29 is 9.53 Å². The molecule has 1 aromatic carbocycles. The Morgan fingerprint density at radius 1 is 1.40 bits per heavy atom. The second-order valence-corrected chi connectivity index (χ2v) is 4.91. The highest BCUT2D eigenvalue weighted by atomic mass is 32.1. The van der Waals surface area contributed by atoms with Gasteiger partial charge in [0, 0.05) is 0 Å². The van der Waals surface area contributed by atoms with Crippen molar-refractivity contribution in [3.63, 3.8) is 0 Å². The largest absolute Gasteiger partial charge is 0.497 e. The van der Waals surface area contributed by atoms with Crippen molar-refractivity contribution in [2.75, 3.05) is 12.4 Å². The van der Waals surface area contributed by atoms with E-state index in [1.54, 1.807) is 12.6 Å². The quantitative estimate of drug-likeness (QED) is 0.888. The molecule has 2 N–H and O–H groups in total. The number of ether oxygens (including phenoxy) is 1. The maximum atomic E-state index is 11.9. The zero-order valence-corrected chi connectivity index (χ0v) is 12.1. The third kappa shape index (κ3) is 3.67. The number of rotatable bonds is 5. The van der Waals surface area contributed by atoms with Gasteiger partial charge in [-0.15, -0.1) is 10.2 Å². The maximum absolute atomic E-state index is 11.9. The van der Waals surface area contributed by atoms with Gasteiger partial charge in [0.2, 0.25) is 5.13 Å². The topological polar surface area (TPSA) is 76.1 Å². The van der Waals surface area contributed by atoms with Crippen molar-refractivity contribution in [2.45, 2.75) is 19.4 Å². The van der Waals surface area contributed by atoms with Crippen molar-refractivity contribution in [3.8, 4) is 5.75 Å². The lowest BCUT2D eigenvalue weighted by Crippen LogP contribution is -2.32. The minimum absolute atomic E-state index is 0.0613. The van der Waals surface area contributed by atoms with E-state index in [0.29, 0.717) is 5.13 Å². The number of anilines is 1. The zero-order valence-electron chi connectivity index (χ0n) is 11.3. The van der Waals surface area contributed by atoms with Gasteiger partial charge in [-0.05, 0) is 24.1 Å². The fraction of sp³-hybridized carbons (Fsp3) is 0.308. The summed E-state index contributed by atoms with van der Waals surface area (Å²) in [5.41, 5.74) is 2.59. The average molecular weight is 292 g/mol. The van der Waals surface area contributed by atoms with E-state index in [2.05, 4.69) is 20.8 Å². The molecule has 0 saturated heterocycles. The van der Waals surface area contributed by atoms with Crippen LogP contribution in [0.15, 0.2) is 29.8 Å². The molecular weight excluding hydrogens is 276 g/mol. The van der Waals surface area contributed by atoms with Crippen LogP contribution in [-0.4, -0.2) is 23.3 Å². The van der Waals surface area contributed by atoms with Gasteiger partial charge in [0.15, 0.2) is 0 Å². The molecule has 0 radical (unpaired) electrons. The smallest absolute Gasteiger partial charge is 0.321 e. The van der Waals surface area contributed by atoms with E-state index < -0.39 is 0 Å². The maximum Gasteiger partial charge on any atom is 0.321 e. The molecule has 0 bridgehead atoms. The lowest BCUT2D eigenvalue weighted by Gasteiger charge is -2.17. The molecule has 106 valence electrons. The average Bonchev–Trinajstić information content (AvgIpc) is 2.97. The van der Waals surface area contributed by atoms with E-state index in [1.807, 2.05) is 31.2 Å². The summed E-state index contributed by atoms with van der Waals surface area (Å²) < 4.78 is 5.12. The molecule has 1 atom stereocenters. The number of carbonyl (C=O) groups is 1. The van der Waals surface area contributed by atoms with Gasteiger partial charge >= 0.3 is 6.03 Å². The predicted molar refractivity (Wildman–Crippen MR) is 78.1 cm³/mol. The van der Waals surface area contributed by atoms with Crippen molar-refractivity contribution in [2.24, 2.45) is 0 Å². The first-order chi connectivity index (χ1) is 9.72. The van der Waals surface area contributed by atoms with Crippen LogP contribution in [0.4, 0.5) is 9.93 Å². The molecule has 20 heavy (non-hydrogen) atoms. The summed E-state index contributed by atoms with van der Waals surface area (Å²) in [6, 6.07) is 7.29. The number of urea groups is 1. The van der Waals surface area contributed by atoms with Gasteiger partial charge in [0.05, 0.1) is 13.2 Å². The van der Waals surface area contributed by atoms with Crippen LogP contribution < -0.4 is 15.4 Å². The molecule has 1 unspecified atom stereocenters. The van der Waals surface area contributed by atoms with Gasteiger partial charge in [-0.25, -0.2) is 4.79 Å². The van der Waals surface area contributed by atoms with E-state index in [9.17, 15) is 4.79 Å². The normalized spacial score (nSPS) is 11.7. The number of aromatic nitrogens is 2. The minimum atomic E-state index is -0.288. The molecular formula is C13H16N4O2S. The minimum Gasteiger partial charge on any atom is -0.497 e. The van der Waals surface area contributed by atoms with Crippen LogP contribution in [0.2, 0.25) is 0 Å². The molecule has 7 heteroatoms. The molecule has 2 rings (SSSR count). The number of nitrogens with one attached hydrogen (secondary N) is 2. The Morgan fingerprint density at radius 3 is 2.70 bits per heavy atom. The number of carbonyl (C=O) groups excluding carboxylic acids is 1. The van der Waals surface area contributed by atoms with Gasteiger partial charge in [-0.1, -0.05) is 30.4 Å². The van der Waals surface area contributed by atoms with E-state index in [4.69, 9.17) is 4.74 Å². The standard InChI is InChI=1S/C13H16N4O2S/c1-3-11(9-4-6-10(19-2)7-5-9)15-12(18)16-13-17-14-8-20-13/h4-8,11H,3H2,1-2H3,(H2,15,16,17,18). The van der Waals surface area contributed by atoms with Crippen LogP contribution in [0.1, 0.15) is 24.9 Å². The third-order valence-electron chi connectivity index (χ3n) is 2.81. The molecule has 0 spiro atoms. The van der Waals surface area contributed by atoms with Gasteiger partial charge in [-0.2, -0.15) is 0 Å². The molecule has 0 fully saturated rings. The van der Waals surface area contributed by atoms with E-state index in [1.165, 1.54) is 11.3 Å². The number of hydrogen-bond acceptors (Lipinski definition) is 5. The Labute approximate surface area is 121 Å². The Bertz CT molecular complexity index is 542. The number of benzene rings is 1. The molecule has 0 aliphatic carbocycles. The number of hydrogen-bond donors (Lipinski definition) is 2. The van der Waals surface area contributed by atoms with Crippen LogP contribution in [0.25, 0.3) is 0 Å². The van der Waals surface area contributed by atoms with Crippen LogP contribution in [0, 0.1) is 0 Å².